The maximum absolute atomic E-state index is 11.9. The summed E-state index contributed by atoms with van der Waals surface area (Å²) < 4.78 is 0. The van der Waals surface area contributed by atoms with E-state index < -0.39 is 0 Å². The first-order chi connectivity index (χ1) is 11.4. The van der Waals surface area contributed by atoms with E-state index in [1.54, 1.807) is 0 Å². The molecule has 1 amide bonds. The molecule has 1 atom stereocenters. The smallest absolute Gasteiger partial charge is 0.229 e. The number of amides is 1. The SMILES string of the molecule is C[C@H](c1nc(N)nc(N(C)C)n1)N1CCC(NC(=O)C2CC2)CC1. The van der Waals surface area contributed by atoms with Crippen molar-refractivity contribution in [2.75, 3.05) is 37.8 Å². The monoisotopic (exact) mass is 333 g/mol. The summed E-state index contributed by atoms with van der Waals surface area (Å²) in [6.07, 6.45) is 4.03. The van der Waals surface area contributed by atoms with Gasteiger partial charge in [-0.15, -0.1) is 0 Å². The van der Waals surface area contributed by atoms with Gasteiger partial charge in [0, 0.05) is 39.1 Å². The molecule has 3 N–H and O–H groups in total. The van der Waals surface area contributed by atoms with Gasteiger partial charge in [0.25, 0.3) is 0 Å². The molecule has 1 aromatic rings. The van der Waals surface area contributed by atoms with Crippen molar-refractivity contribution < 1.29 is 4.79 Å². The second kappa shape index (κ2) is 6.88. The molecule has 24 heavy (non-hydrogen) atoms. The average Bonchev–Trinajstić information content (AvgIpc) is 3.39. The number of carbonyl (C=O) groups is 1. The fraction of sp³-hybridized carbons (Fsp3) is 0.750. The Morgan fingerprint density at radius 3 is 2.46 bits per heavy atom. The van der Waals surface area contributed by atoms with E-state index in [1.165, 1.54) is 0 Å². The number of nitrogens with one attached hydrogen (secondary N) is 1. The highest BCUT2D eigenvalue weighted by Crippen LogP contribution is 2.29. The van der Waals surface area contributed by atoms with E-state index in [1.807, 2.05) is 19.0 Å². The van der Waals surface area contributed by atoms with Crippen LogP contribution in [0.5, 0.6) is 0 Å². The van der Waals surface area contributed by atoms with Gasteiger partial charge in [-0.2, -0.15) is 15.0 Å². The van der Waals surface area contributed by atoms with E-state index >= 15 is 0 Å². The van der Waals surface area contributed by atoms with Crippen molar-refractivity contribution in [2.24, 2.45) is 5.92 Å². The highest BCUT2D eigenvalue weighted by Gasteiger charge is 2.32. The third kappa shape index (κ3) is 3.92. The first kappa shape index (κ1) is 16.9. The van der Waals surface area contributed by atoms with Gasteiger partial charge in [-0.3, -0.25) is 9.69 Å². The largest absolute Gasteiger partial charge is 0.368 e. The fourth-order valence-corrected chi connectivity index (χ4v) is 3.04. The van der Waals surface area contributed by atoms with Crippen molar-refractivity contribution in [1.82, 2.24) is 25.2 Å². The topological polar surface area (TPSA) is 100 Å². The van der Waals surface area contributed by atoms with Gasteiger partial charge in [0.1, 0.15) is 0 Å². The van der Waals surface area contributed by atoms with Gasteiger partial charge in [-0.25, -0.2) is 0 Å². The van der Waals surface area contributed by atoms with Crippen LogP contribution in [-0.2, 0) is 4.79 Å². The molecule has 2 fully saturated rings. The molecular weight excluding hydrogens is 306 g/mol. The lowest BCUT2D eigenvalue weighted by atomic mass is 10.0. The van der Waals surface area contributed by atoms with Gasteiger partial charge in [0.2, 0.25) is 17.8 Å². The maximum Gasteiger partial charge on any atom is 0.229 e. The third-order valence-electron chi connectivity index (χ3n) is 4.80. The normalized spacial score (nSPS) is 20.6. The summed E-state index contributed by atoms with van der Waals surface area (Å²) in [5.74, 6) is 2.05. The average molecular weight is 333 g/mol. The number of aromatic nitrogens is 3. The number of piperidine rings is 1. The standard InChI is InChI=1S/C16H27N7O/c1-10(13-19-15(17)21-16(20-13)22(2)3)23-8-6-12(7-9-23)18-14(24)11-4-5-11/h10-12H,4-9H2,1-3H3,(H,18,24)(H2,17,19,20,21)/t10-/m1/s1. The second-order valence-electron chi connectivity index (χ2n) is 7.02. The quantitative estimate of drug-likeness (QED) is 0.812. The Labute approximate surface area is 142 Å². The third-order valence-corrected chi connectivity index (χ3v) is 4.80. The summed E-state index contributed by atoms with van der Waals surface area (Å²) in [6.45, 7) is 3.93. The molecule has 2 aliphatic rings. The Balaban J connectivity index is 1.58. The summed E-state index contributed by atoms with van der Waals surface area (Å²) in [5.41, 5.74) is 5.82. The zero-order valence-electron chi connectivity index (χ0n) is 14.7. The number of hydrogen-bond acceptors (Lipinski definition) is 7. The summed E-state index contributed by atoms with van der Waals surface area (Å²) in [4.78, 5) is 29.0. The van der Waals surface area contributed by atoms with E-state index in [2.05, 4.69) is 32.1 Å². The Kier molecular flexibility index (Phi) is 4.84. The Morgan fingerprint density at radius 2 is 1.88 bits per heavy atom. The lowest BCUT2D eigenvalue weighted by Crippen LogP contribution is -2.46. The van der Waals surface area contributed by atoms with Gasteiger partial charge in [0.05, 0.1) is 6.04 Å². The van der Waals surface area contributed by atoms with Crippen molar-refractivity contribution in [3.8, 4) is 0 Å². The van der Waals surface area contributed by atoms with E-state index in [4.69, 9.17) is 5.73 Å². The Hall–Kier alpha value is -1.96. The van der Waals surface area contributed by atoms with Crippen LogP contribution in [0.2, 0.25) is 0 Å². The minimum atomic E-state index is 0.0779. The molecule has 3 rings (SSSR count). The second-order valence-corrected chi connectivity index (χ2v) is 7.02. The van der Waals surface area contributed by atoms with Crippen LogP contribution in [0.15, 0.2) is 0 Å². The van der Waals surface area contributed by atoms with Crippen LogP contribution in [0, 0.1) is 5.92 Å². The number of carbonyl (C=O) groups excluding carboxylic acids is 1. The molecule has 8 heteroatoms. The molecule has 1 saturated carbocycles. The first-order valence-corrected chi connectivity index (χ1v) is 8.67. The Bertz CT molecular complexity index is 594. The molecule has 8 nitrogen and oxygen atoms in total. The number of likely N-dealkylation sites (tertiary alicyclic amines) is 1. The van der Waals surface area contributed by atoms with Crippen LogP contribution in [0.4, 0.5) is 11.9 Å². The number of hydrogen-bond donors (Lipinski definition) is 2. The number of rotatable bonds is 5. The number of anilines is 2. The lowest BCUT2D eigenvalue weighted by Gasteiger charge is -2.35. The molecule has 1 aromatic heterocycles. The summed E-state index contributed by atoms with van der Waals surface area (Å²) in [6, 6.07) is 0.372. The number of nitrogen functional groups attached to an aromatic ring is 1. The van der Waals surface area contributed by atoms with Crippen molar-refractivity contribution >= 4 is 17.8 Å². The minimum absolute atomic E-state index is 0.0779. The minimum Gasteiger partial charge on any atom is -0.368 e. The van der Waals surface area contributed by atoms with Crippen molar-refractivity contribution in [3.05, 3.63) is 5.82 Å². The van der Waals surface area contributed by atoms with Crippen LogP contribution in [0.3, 0.4) is 0 Å². The van der Waals surface area contributed by atoms with Crippen LogP contribution >= 0.6 is 0 Å². The summed E-state index contributed by atoms with van der Waals surface area (Å²) in [7, 11) is 3.77. The first-order valence-electron chi connectivity index (χ1n) is 8.67. The molecular formula is C16H27N7O. The molecule has 132 valence electrons. The molecule has 0 spiro atoms. The zero-order valence-corrected chi connectivity index (χ0v) is 14.7. The number of nitrogens with two attached hydrogens (primary N) is 1. The molecule has 1 saturated heterocycles. The van der Waals surface area contributed by atoms with Crippen LogP contribution < -0.4 is 16.0 Å². The molecule has 2 heterocycles. The molecule has 0 aromatic carbocycles. The highest BCUT2D eigenvalue weighted by molar-refractivity contribution is 5.81. The van der Waals surface area contributed by atoms with Crippen LogP contribution in [0.25, 0.3) is 0 Å². The predicted molar refractivity (Wildman–Crippen MR) is 92.4 cm³/mol. The number of nitrogens with zero attached hydrogens (tertiary/aromatic N) is 5. The molecule has 0 unspecified atom stereocenters. The maximum atomic E-state index is 11.9. The van der Waals surface area contributed by atoms with Crippen LogP contribution in [-0.4, -0.2) is 59.0 Å². The van der Waals surface area contributed by atoms with Crippen molar-refractivity contribution in [1.29, 1.82) is 0 Å². The van der Waals surface area contributed by atoms with E-state index in [0.29, 0.717) is 17.8 Å². The molecule has 0 radical (unpaired) electrons. The van der Waals surface area contributed by atoms with Gasteiger partial charge in [-0.05, 0) is 32.6 Å². The zero-order chi connectivity index (χ0) is 17.3. The molecule has 0 bridgehead atoms. The van der Waals surface area contributed by atoms with Gasteiger partial charge in [-0.1, -0.05) is 0 Å². The van der Waals surface area contributed by atoms with Gasteiger partial charge >= 0.3 is 0 Å². The van der Waals surface area contributed by atoms with Gasteiger partial charge in [0.15, 0.2) is 5.82 Å². The van der Waals surface area contributed by atoms with E-state index in [-0.39, 0.29) is 23.8 Å². The molecule has 1 aliphatic heterocycles. The summed E-state index contributed by atoms with van der Waals surface area (Å²) in [5, 5.41) is 3.18. The fourth-order valence-electron chi connectivity index (χ4n) is 3.04. The van der Waals surface area contributed by atoms with Crippen molar-refractivity contribution in [3.63, 3.8) is 0 Å². The summed E-state index contributed by atoms with van der Waals surface area (Å²) >= 11 is 0. The van der Waals surface area contributed by atoms with Crippen LogP contribution in [0.1, 0.15) is 44.5 Å². The predicted octanol–water partition coefficient (Wildman–Crippen LogP) is 0.571. The van der Waals surface area contributed by atoms with E-state index in [9.17, 15) is 4.79 Å². The van der Waals surface area contributed by atoms with E-state index in [0.717, 1.165) is 38.8 Å². The Morgan fingerprint density at radius 1 is 1.21 bits per heavy atom. The lowest BCUT2D eigenvalue weighted by molar-refractivity contribution is -0.123. The highest BCUT2D eigenvalue weighted by atomic mass is 16.2. The van der Waals surface area contributed by atoms with Crippen molar-refractivity contribution in [2.45, 2.75) is 44.7 Å². The molecule has 1 aliphatic carbocycles. The van der Waals surface area contributed by atoms with Gasteiger partial charge < -0.3 is 16.0 Å².